The van der Waals surface area contributed by atoms with Gasteiger partial charge in [0, 0.05) is 20.1 Å². The highest BCUT2D eigenvalue weighted by Crippen LogP contribution is 2.26. The summed E-state index contributed by atoms with van der Waals surface area (Å²) in [5.41, 5.74) is -0.103. The summed E-state index contributed by atoms with van der Waals surface area (Å²) in [4.78, 5) is 28.4. The molecule has 5 nitrogen and oxygen atoms in total. The molecule has 0 radical (unpaired) electrons. The van der Waals surface area contributed by atoms with E-state index in [1.807, 2.05) is 6.92 Å². The van der Waals surface area contributed by atoms with Crippen LogP contribution in [0.15, 0.2) is 18.2 Å². The van der Waals surface area contributed by atoms with Gasteiger partial charge < -0.3 is 14.5 Å². The SMILES string of the molecule is CCCC[C@@H]1C(=O)N(C)CCN1C(=O)c1c(F)cccc1OC. The molecule has 2 rings (SSSR count). The second-order valence-corrected chi connectivity index (χ2v) is 5.73. The zero-order chi connectivity index (χ0) is 17.0. The van der Waals surface area contributed by atoms with Gasteiger partial charge in [-0.1, -0.05) is 25.8 Å². The first-order valence-electron chi connectivity index (χ1n) is 7.89. The van der Waals surface area contributed by atoms with Crippen molar-refractivity contribution in [1.29, 1.82) is 0 Å². The molecule has 0 N–H and O–H groups in total. The van der Waals surface area contributed by atoms with E-state index in [2.05, 4.69) is 0 Å². The molecule has 1 saturated heterocycles. The van der Waals surface area contributed by atoms with Crippen LogP contribution in [0.4, 0.5) is 4.39 Å². The van der Waals surface area contributed by atoms with Crippen LogP contribution in [-0.4, -0.2) is 54.9 Å². The van der Waals surface area contributed by atoms with Crippen LogP contribution in [0.2, 0.25) is 0 Å². The second-order valence-electron chi connectivity index (χ2n) is 5.73. The molecule has 126 valence electrons. The number of rotatable bonds is 5. The van der Waals surface area contributed by atoms with E-state index in [-0.39, 0.29) is 17.2 Å². The summed E-state index contributed by atoms with van der Waals surface area (Å²) in [5.74, 6) is -1.01. The number of hydrogen-bond donors (Lipinski definition) is 0. The molecule has 1 aromatic rings. The minimum atomic E-state index is -0.630. The third-order valence-electron chi connectivity index (χ3n) is 4.21. The van der Waals surface area contributed by atoms with Crippen molar-refractivity contribution in [3.05, 3.63) is 29.6 Å². The Morgan fingerprint density at radius 1 is 1.39 bits per heavy atom. The summed E-state index contributed by atoms with van der Waals surface area (Å²) < 4.78 is 19.3. The Kier molecular flexibility index (Phi) is 5.58. The smallest absolute Gasteiger partial charge is 0.261 e. The molecule has 1 heterocycles. The number of hydrogen-bond acceptors (Lipinski definition) is 3. The molecule has 0 spiro atoms. The van der Waals surface area contributed by atoms with E-state index in [0.717, 1.165) is 12.8 Å². The van der Waals surface area contributed by atoms with Gasteiger partial charge in [-0.05, 0) is 18.6 Å². The summed E-state index contributed by atoms with van der Waals surface area (Å²) in [6, 6.07) is 3.74. The molecule has 0 aromatic heterocycles. The average Bonchev–Trinajstić information content (AvgIpc) is 2.55. The number of methoxy groups -OCH3 is 1. The lowest BCUT2D eigenvalue weighted by Crippen LogP contribution is -2.57. The number of likely N-dealkylation sites (N-methyl/N-ethyl adjacent to an activating group) is 1. The fourth-order valence-corrected chi connectivity index (χ4v) is 2.86. The lowest BCUT2D eigenvalue weighted by atomic mass is 10.0. The highest BCUT2D eigenvalue weighted by Gasteiger charge is 2.37. The number of carbonyl (C=O) groups is 2. The van der Waals surface area contributed by atoms with E-state index in [4.69, 9.17) is 4.74 Å². The Morgan fingerprint density at radius 3 is 2.78 bits per heavy atom. The number of halogens is 1. The van der Waals surface area contributed by atoms with Crippen LogP contribution in [0.25, 0.3) is 0 Å². The Balaban J connectivity index is 2.34. The second kappa shape index (κ2) is 7.44. The number of carbonyl (C=O) groups excluding carboxylic acids is 2. The molecule has 0 aliphatic carbocycles. The molecular formula is C17H23FN2O3. The van der Waals surface area contributed by atoms with Gasteiger partial charge in [0.05, 0.1) is 7.11 Å². The van der Waals surface area contributed by atoms with Crippen LogP contribution < -0.4 is 4.74 Å². The van der Waals surface area contributed by atoms with Crippen LogP contribution in [0, 0.1) is 5.82 Å². The molecule has 0 bridgehead atoms. The predicted molar refractivity (Wildman–Crippen MR) is 84.9 cm³/mol. The quantitative estimate of drug-likeness (QED) is 0.836. The normalized spacial score (nSPS) is 18.3. The highest BCUT2D eigenvalue weighted by atomic mass is 19.1. The number of piperazine rings is 1. The van der Waals surface area contributed by atoms with Gasteiger partial charge in [-0.25, -0.2) is 4.39 Å². The van der Waals surface area contributed by atoms with Gasteiger partial charge in [0.25, 0.3) is 5.91 Å². The van der Waals surface area contributed by atoms with Crippen molar-refractivity contribution in [2.24, 2.45) is 0 Å². The van der Waals surface area contributed by atoms with E-state index < -0.39 is 17.8 Å². The predicted octanol–water partition coefficient (Wildman–Crippen LogP) is 2.31. The first-order valence-corrected chi connectivity index (χ1v) is 7.89. The van der Waals surface area contributed by atoms with Crippen LogP contribution in [0.3, 0.4) is 0 Å². The van der Waals surface area contributed by atoms with E-state index in [9.17, 15) is 14.0 Å². The molecule has 1 aromatic carbocycles. The summed E-state index contributed by atoms with van der Waals surface area (Å²) in [7, 11) is 3.13. The van der Waals surface area contributed by atoms with Crippen LogP contribution in [0.1, 0.15) is 36.5 Å². The molecule has 23 heavy (non-hydrogen) atoms. The zero-order valence-electron chi connectivity index (χ0n) is 13.8. The van der Waals surface area contributed by atoms with Crippen molar-refractivity contribution in [3.63, 3.8) is 0 Å². The molecule has 6 heteroatoms. The number of benzene rings is 1. The molecule has 2 amide bonds. The average molecular weight is 322 g/mol. The van der Waals surface area contributed by atoms with Gasteiger partial charge in [0.15, 0.2) is 0 Å². The van der Waals surface area contributed by atoms with Crippen molar-refractivity contribution in [1.82, 2.24) is 9.80 Å². The number of ether oxygens (including phenoxy) is 1. The van der Waals surface area contributed by atoms with Crippen LogP contribution in [0.5, 0.6) is 5.75 Å². The fraction of sp³-hybridized carbons (Fsp3) is 0.529. The maximum absolute atomic E-state index is 14.2. The molecule has 1 atom stereocenters. The molecule has 1 aliphatic heterocycles. The number of unbranched alkanes of at least 4 members (excludes halogenated alkanes) is 1. The van der Waals surface area contributed by atoms with Gasteiger partial charge in [0.1, 0.15) is 23.2 Å². The highest BCUT2D eigenvalue weighted by molar-refractivity contribution is 6.00. The van der Waals surface area contributed by atoms with Gasteiger partial charge in [-0.2, -0.15) is 0 Å². The lowest BCUT2D eigenvalue weighted by molar-refractivity contribution is -0.138. The first-order chi connectivity index (χ1) is 11.0. The van der Waals surface area contributed by atoms with E-state index in [1.165, 1.54) is 24.1 Å². The van der Waals surface area contributed by atoms with Crippen LogP contribution in [-0.2, 0) is 4.79 Å². The van der Waals surface area contributed by atoms with Crippen molar-refractivity contribution in [3.8, 4) is 5.75 Å². The lowest BCUT2D eigenvalue weighted by Gasteiger charge is -2.39. The minimum absolute atomic E-state index is 0.0895. The Labute approximate surface area is 136 Å². The number of amides is 2. The van der Waals surface area contributed by atoms with Gasteiger partial charge in [-0.15, -0.1) is 0 Å². The molecule has 0 saturated carbocycles. The van der Waals surface area contributed by atoms with Crippen molar-refractivity contribution in [2.45, 2.75) is 32.2 Å². The number of nitrogens with zero attached hydrogens (tertiary/aromatic N) is 2. The Hall–Kier alpha value is -2.11. The van der Waals surface area contributed by atoms with Crippen molar-refractivity contribution in [2.75, 3.05) is 27.2 Å². The minimum Gasteiger partial charge on any atom is -0.496 e. The van der Waals surface area contributed by atoms with E-state index in [0.29, 0.717) is 19.5 Å². The standard InChI is InChI=1S/C17H23FN2O3/c1-4-5-8-13-16(21)19(2)10-11-20(13)17(22)15-12(18)7-6-9-14(15)23-3/h6-7,9,13H,4-5,8,10-11H2,1-3H3/t13-/m1/s1. The fourth-order valence-electron chi connectivity index (χ4n) is 2.86. The van der Waals surface area contributed by atoms with Gasteiger partial charge in [-0.3, -0.25) is 9.59 Å². The Morgan fingerprint density at radius 2 is 2.13 bits per heavy atom. The molecular weight excluding hydrogens is 299 g/mol. The Bertz CT molecular complexity index is 591. The monoisotopic (exact) mass is 322 g/mol. The van der Waals surface area contributed by atoms with Gasteiger partial charge in [0.2, 0.25) is 5.91 Å². The van der Waals surface area contributed by atoms with E-state index >= 15 is 0 Å². The topological polar surface area (TPSA) is 49.9 Å². The largest absolute Gasteiger partial charge is 0.496 e. The van der Waals surface area contributed by atoms with E-state index in [1.54, 1.807) is 18.0 Å². The summed E-state index contributed by atoms with van der Waals surface area (Å²) in [6.45, 7) is 2.87. The summed E-state index contributed by atoms with van der Waals surface area (Å²) in [6.07, 6.45) is 2.35. The van der Waals surface area contributed by atoms with Crippen LogP contribution >= 0.6 is 0 Å². The maximum atomic E-state index is 14.2. The van der Waals surface area contributed by atoms with Crippen molar-refractivity contribution < 1.29 is 18.7 Å². The zero-order valence-corrected chi connectivity index (χ0v) is 13.8. The molecule has 0 unspecified atom stereocenters. The van der Waals surface area contributed by atoms with Gasteiger partial charge >= 0.3 is 0 Å². The maximum Gasteiger partial charge on any atom is 0.261 e. The molecule has 1 aliphatic rings. The summed E-state index contributed by atoms with van der Waals surface area (Å²) in [5, 5.41) is 0. The van der Waals surface area contributed by atoms with Crippen molar-refractivity contribution >= 4 is 11.8 Å². The first kappa shape index (κ1) is 17.2. The third-order valence-corrected chi connectivity index (χ3v) is 4.21. The third kappa shape index (κ3) is 3.46. The molecule has 1 fully saturated rings. The summed E-state index contributed by atoms with van der Waals surface area (Å²) >= 11 is 0.